The molecule has 8 heteroatoms. The maximum Gasteiger partial charge on any atom is 0.274 e. The topological polar surface area (TPSA) is 79.7 Å². The molecule has 2 atom stereocenters. The smallest absolute Gasteiger partial charge is 0.274 e. The number of hydrogen-bond acceptors (Lipinski definition) is 7. The predicted octanol–water partition coefficient (Wildman–Crippen LogP) is 0.713. The van der Waals surface area contributed by atoms with Crippen molar-refractivity contribution in [1.82, 2.24) is 15.5 Å². The Bertz CT molecular complexity index is 352. The SMILES string of the molecule is CN/C(=C\[N+](=O)[O-])NCCSC[C@@H]1CC[C@H](CN(C)C)O1. The van der Waals surface area contributed by atoms with Gasteiger partial charge in [0.2, 0.25) is 0 Å². The molecular formula is C13H26N4O3S. The molecule has 2 N–H and O–H groups in total. The molecule has 0 aliphatic carbocycles. The molecule has 0 radical (unpaired) electrons. The molecule has 1 aliphatic heterocycles. The molecule has 0 saturated carbocycles. The van der Waals surface area contributed by atoms with Gasteiger partial charge in [0.15, 0.2) is 5.82 Å². The van der Waals surface area contributed by atoms with E-state index in [-0.39, 0.29) is 0 Å². The molecule has 0 unspecified atom stereocenters. The zero-order valence-electron chi connectivity index (χ0n) is 13.0. The number of nitrogens with zero attached hydrogens (tertiary/aromatic N) is 2. The Labute approximate surface area is 130 Å². The quantitative estimate of drug-likeness (QED) is 0.349. The Morgan fingerprint density at radius 3 is 2.81 bits per heavy atom. The molecule has 0 bridgehead atoms. The number of ether oxygens (including phenoxy) is 1. The third-order valence-corrected chi connectivity index (χ3v) is 4.23. The average molecular weight is 318 g/mol. The van der Waals surface area contributed by atoms with Gasteiger partial charge in [0.05, 0.1) is 17.1 Å². The highest BCUT2D eigenvalue weighted by Crippen LogP contribution is 2.23. The van der Waals surface area contributed by atoms with E-state index in [1.807, 2.05) is 11.8 Å². The number of hydrogen-bond donors (Lipinski definition) is 2. The van der Waals surface area contributed by atoms with Crippen molar-refractivity contribution in [2.24, 2.45) is 0 Å². The first kappa shape index (κ1) is 18.1. The van der Waals surface area contributed by atoms with Crippen LogP contribution in [-0.4, -0.2) is 67.8 Å². The lowest BCUT2D eigenvalue weighted by atomic mass is 10.2. The Morgan fingerprint density at radius 1 is 1.48 bits per heavy atom. The Balaban J connectivity index is 2.08. The van der Waals surface area contributed by atoms with E-state index in [0.717, 1.165) is 37.1 Å². The summed E-state index contributed by atoms with van der Waals surface area (Å²) < 4.78 is 5.98. The van der Waals surface area contributed by atoms with Crippen LogP contribution in [0.15, 0.2) is 12.0 Å². The van der Waals surface area contributed by atoms with Gasteiger partial charge in [-0.15, -0.1) is 0 Å². The minimum absolute atomic E-state index is 0.345. The summed E-state index contributed by atoms with van der Waals surface area (Å²) in [5, 5.41) is 16.1. The van der Waals surface area contributed by atoms with E-state index in [1.165, 1.54) is 0 Å². The number of likely N-dealkylation sites (N-methyl/N-ethyl adjacent to an activating group) is 1. The predicted molar refractivity (Wildman–Crippen MR) is 85.9 cm³/mol. The van der Waals surface area contributed by atoms with Crippen molar-refractivity contribution in [1.29, 1.82) is 0 Å². The van der Waals surface area contributed by atoms with Crippen LogP contribution < -0.4 is 10.6 Å². The monoisotopic (exact) mass is 318 g/mol. The van der Waals surface area contributed by atoms with Crippen LogP contribution in [0.2, 0.25) is 0 Å². The first-order chi connectivity index (χ1) is 10.0. The standard InChI is InChI=1S/C13H26N4O3S/c1-14-13(9-17(18)19)15-6-7-21-10-12-5-4-11(20-12)8-16(2)3/h9,11-12,14-15H,4-8,10H2,1-3H3/b13-9+/t11-,12+/m1/s1. The molecule has 122 valence electrons. The molecule has 1 heterocycles. The molecule has 7 nitrogen and oxygen atoms in total. The van der Waals surface area contributed by atoms with Gasteiger partial charge in [-0.05, 0) is 26.9 Å². The summed E-state index contributed by atoms with van der Waals surface area (Å²) in [5.74, 6) is 2.32. The third-order valence-electron chi connectivity index (χ3n) is 3.13. The lowest BCUT2D eigenvalue weighted by Gasteiger charge is -2.17. The minimum atomic E-state index is -0.469. The average Bonchev–Trinajstić information content (AvgIpc) is 2.83. The van der Waals surface area contributed by atoms with Crippen molar-refractivity contribution in [3.63, 3.8) is 0 Å². The molecule has 1 rings (SSSR count). The van der Waals surface area contributed by atoms with Crippen LogP contribution in [0.5, 0.6) is 0 Å². The molecule has 0 spiro atoms. The summed E-state index contributed by atoms with van der Waals surface area (Å²) in [6.45, 7) is 1.68. The van der Waals surface area contributed by atoms with Gasteiger partial charge in [-0.2, -0.15) is 11.8 Å². The van der Waals surface area contributed by atoms with Crippen LogP contribution in [0.25, 0.3) is 0 Å². The van der Waals surface area contributed by atoms with E-state index in [2.05, 4.69) is 29.6 Å². The minimum Gasteiger partial charge on any atom is -0.373 e. The van der Waals surface area contributed by atoms with Gasteiger partial charge in [-0.25, -0.2) is 0 Å². The van der Waals surface area contributed by atoms with Crippen LogP contribution >= 0.6 is 11.8 Å². The second kappa shape index (κ2) is 9.86. The number of nitrogens with one attached hydrogen (secondary N) is 2. The van der Waals surface area contributed by atoms with Crippen molar-refractivity contribution in [2.75, 3.05) is 45.7 Å². The van der Waals surface area contributed by atoms with Gasteiger partial charge in [0, 0.05) is 31.6 Å². The highest BCUT2D eigenvalue weighted by Gasteiger charge is 2.25. The van der Waals surface area contributed by atoms with E-state index < -0.39 is 4.92 Å². The normalized spacial score (nSPS) is 22.6. The lowest BCUT2D eigenvalue weighted by molar-refractivity contribution is -0.404. The van der Waals surface area contributed by atoms with Crippen molar-refractivity contribution < 1.29 is 9.66 Å². The van der Waals surface area contributed by atoms with Crippen LogP contribution in [0.3, 0.4) is 0 Å². The first-order valence-corrected chi connectivity index (χ1v) is 8.31. The summed E-state index contributed by atoms with van der Waals surface area (Å²) in [6, 6.07) is 0. The van der Waals surface area contributed by atoms with Crippen LogP contribution in [0.1, 0.15) is 12.8 Å². The first-order valence-electron chi connectivity index (χ1n) is 7.16. The number of thioether (sulfide) groups is 1. The molecule has 0 aromatic carbocycles. The molecular weight excluding hydrogens is 292 g/mol. The van der Waals surface area contributed by atoms with Crippen molar-refractivity contribution in [3.8, 4) is 0 Å². The summed E-state index contributed by atoms with van der Waals surface area (Å²) in [7, 11) is 5.79. The van der Waals surface area contributed by atoms with Gasteiger partial charge in [0.1, 0.15) is 0 Å². The fourth-order valence-electron chi connectivity index (χ4n) is 2.22. The van der Waals surface area contributed by atoms with Crippen molar-refractivity contribution in [3.05, 3.63) is 22.1 Å². The number of rotatable bonds is 10. The molecule has 1 saturated heterocycles. The largest absolute Gasteiger partial charge is 0.373 e. The molecule has 0 amide bonds. The Kier molecular flexibility index (Phi) is 8.48. The zero-order chi connectivity index (χ0) is 15.7. The summed E-state index contributed by atoms with van der Waals surface area (Å²) in [6.07, 6.45) is 3.91. The van der Waals surface area contributed by atoms with Crippen LogP contribution in [0.4, 0.5) is 0 Å². The van der Waals surface area contributed by atoms with Crippen LogP contribution in [-0.2, 0) is 4.74 Å². The van der Waals surface area contributed by atoms with E-state index in [0.29, 0.717) is 24.6 Å². The Hall–Kier alpha value is -0.990. The molecule has 0 aromatic heterocycles. The summed E-state index contributed by atoms with van der Waals surface area (Å²) >= 11 is 1.82. The summed E-state index contributed by atoms with van der Waals surface area (Å²) in [4.78, 5) is 12.1. The van der Waals surface area contributed by atoms with Gasteiger partial charge in [0.25, 0.3) is 6.20 Å². The van der Waals surface area contributed by atoms with Crippen molar-refractivity contribution in [2.45, 2.75) is 25.0 Å². The highest BCUT2D eigenvalue weighted by molar-refractivity contribution is 7.99. The zero-order valence-corrected chi connectivity index (χ0v) is 13.8. The number of nitro groups is 1. The highest BCUT2D eigenvalue weighted by atomic mass is 32.2. The van der Waals surface area contributed by atoms with Crippen LogP contribution in [0, 0.1) is 10.1 Å². The van der Waals surface area contributed by atoms with Gasteiger partial charge >= 0.3 is 0 Å². The van der Waals surface area contributed by atoms with E-state index in [9.17, 15) is 10.1 Å². The third kappa shape index (κ3) is 8.13. The van der Waals surface area contributed by atoms with E-state index >= 15 is 0 Å². The fourth-order valence-corrected chi connectivity index (χ4v) is 3.14. The molecule has 0 aromatic rings. The fraction of sp³-hybridized carbons (Fsp3) is 0.846. The van der Waals surface area contributed by atoms with Gasteiger partial charge < -0.3 is 20.3 Å². The maximum absolute atomic E-state index is 10.4. The van der Waals surface area contributed by atoms with E-state index in [1.54, 1.807) is 7.05 Å². The van der Waals surface area contributed by atoms with Crippen molar-refractivity contribution >= 4 is 11.8 Å². The second-order valence-electron chi connectivity index (χ2n) is 5.30. The lowest BCUT2D eigenvalue weighted by Crippen LogP contribution is -2.27. The maximum atomic E-state index is 10.4. The molecule has 1 fully saturated rings. The summed E-state index contributed by atoms with van der Waals surface area (Å²) in [5.41, 5.74) is 0. The molecule has 21 heavy (non-hydrogen) atoms. The van der Waals surface area contributed by atoms with Gasteiger partial charge in [-0.3, -0.25) is 10.1 Å². The second-order valence-corrected chi connectivity index (χ2v) is 6.45. The molecule has 1 aliphatic rings. The van der Waals surface area contributed by atoms with E-state index in [4.69, 9.17) is 4.74 Å². The van der Waals surface area contributed by atoms with Gasteiger partial charge in [-0.1, -0.05) is 0 Å². The Morgan fingerprint density at radius 2 is 2.19 bits per heavy atom.